The van der Waals surface area contributed by atoms with Crippen LogP contribution in [0.1, 0.15) is 17.4 Å². The number of amides is 1. The van der Waals surface area contributed by atoms with E-state index in [1.54, 1.807) is 6.92 Å². The molecule has 1 heterocycles. The van der Waals surface area contributed by atoms with Gasteiger partial charge in [-0.3, -0.25) is 4.79 Å². The summed E-state index contributed by atoms with van der Waals surface area (Å²) >= 11 is 0. The fourth-order valence-corrected chi connectivity index (χ4v) is 2.27. The summed E-state index contributed by atoms with van der Waals surface area (Å²) in [5, 5.41) is 6.59. The number of nitrogens with zero attached hydrogens (tertiary/aromatic N) is 2. The molecule has 0 bridgehead atoms. The lowest BCUT2D eigenvalue weighted by molar-refractivity contribution is 0.101. The molecule has 3 rings (SSSR count). The van der Waals surface area contributed by atoms with Gasteiger partial charge in [0.15, 0.2) is 23.1 Å². The van der Waals surface area contributed by atoms with Gasteiger partial charge in [-0.25, -0.2) is 17.9 Å². The molecule has 5 nitrogen and oxygen atoms in total. The first kappa shape index (κ1) is 17.5. The normalized spacial score (nSPS) is 10.6. The minimum absolute atomic E-state index is 0.0408. The highest BCUT2D eigenvalue weighted by Crippen LogP contribution is 2.22. The Morgan fingerprint density at radius 3 is 2.50 bits per heavy atom. The number of nitrogens with one attached hydrogen (secondary N) is 1. The van der Waals surface area contributed by atoms with Gasteiger partial charge in [-0.05, 0) is 43.3 Å². The van der Waals surface area contributed by atoms with E-state index in [1.807, 2.05) is 0 Å². The second-order valence-electron chi connectivity index (χ2n) is 5.28. The van der Waals surface area contributed by atoms with Crippen LogP contribution in [-0.2, 0) is 0 Å². The summed E-state index contributed by atoms with van der Waals surface area (Å²) in [4.78, 5) is 12.5. The van der Waals surface area contributed by atoms with Gasteiger partial charge in [-0.1, -0.05) is 0 Å². The lowest BCUT2D eigenvalue weighted by Crippen LogP contribution is -2.14. The second kappa shape index (κ2) is 7.30. The summed E-state index contributed by atoms with van der Waals surface area (Å²) in [6, 6.07) is 8.52. The summed E-state index contributed by atoms with van der Waals surface area (Å²) in [6.45, 7) is 2.03. The van der Waals surface area contributed by atoms with Crippen molar-refractivity contribution in [2.45, 2.75) is 6.92 Å². The van der Waals surface area contributed by atoms with Gasteiger partial charge in [-0.15, -0.1) is 0 Å². The van der Waals surface area contributed by atoms with E-state index < -0.39 is 23.4 Å². The van der Waals surface area contributed by atoms with Crippen LogP contribution in [0.25, 0.3) is 5.69 Å². The summed E-state index contributed by atoms with van der Waals surface area (Å²) < 4.78 is 46.1. The maximum atomic E-state index is 13.3. The molecule has 0 spiro atoms. The predicted molar refractivity (Wildman–Crippen MR) is 89.0 cm³/mol. The van der Waals surface area contributed by atoms with Crippen LogP contribution in [-0.4, -0.2) is 22.3 Å². The Kier molecular flexibility index (Phi) is 4.92. The van der Waals surface area contributed by atoms with E-state index in [2.05, 4.69) is 10.4 Å². The van der Waals surface area contributed by atoms with E-state index in [0.29, 0.717) is 12.3 Å². The molecule has 0 saturated heterocycles. The number of rotatable bonds is 5. The molecule has 0 saturated carbocycles. The molecule has 1 aromatic heterocycles. The lowest BCUT2D eigenvalue weighted by Gasteiger charge is -2.05. The maximum Gasteiger partial charge on any atom is 0.280 e. The standard InChI is InChI=1S/C18H14F3N3O2/c1-2-26-16-10-24(13-6-3-11(19)4-7-13)23-17(16)18(25)22-12-5-8-14(20)15(21)9-12/h3-10H,2H2,1H3,(H,22,25). The molecular weight excluding hydrogens is 347 g/mol. The molecule has 1 amide bonds. The summed E-state index contributed by atoms with van der Waals surface area (Å²) in [7, 11) is 0. The zero-order chi connectivity index (χ0) is 18.7. The summed E-state index contributed by atoms with van der Waals surface area (Å²) in [5.74, 6) is -2.94. The number of halogens is 3. The number of benzene rings is 2. The fourth-order valence-electron chi connectivity index (χ4n) is 2.27. The van der Waals surface area contributed by atoms with Gasteiger partial charge in [-0.2, -0.15) is 5.10 Å². The first-order valence-corrected chi connectivity index (χ1v) is 7.72. The molecular formula is C18H14F3N3O2. The highest BCUT2D eigenvalue weighted by atomic mass is 19.2. The Hall–Kier alpha value is -3.29. The van der Waals surface area contributed by atoms with Crippen LogP contribution in [0.15, 0.2) is 48.7 Å². The maximum absolute atomic E-state index is 13.3. The van der Waals surface area contributed by atoms with Crippen LogP contribution in [0, 0.1) is 17.5 Å². The van der Waals surface area contributed by atoms with E-state index in [4.69, 9.17) is 4.74 Å². The smallest absolute Gasteiger partial charge is 0.280 e. The number of carbonyl (C=O) groups is 1. The molecule has 8 heteroatoms. The van der Waals surface area contributed by atoms with Crippen LogP contribution in [0.3, 0.4) is 0 Å². The Morgan fingerprint density at radius 1 is 1.12 bits per heavy atom. The zero-order valence-electron chi connectivity index (χ0n) is 13.7. The summed E-state index contributed by atoms with van der Waals surface area (Å²) in [6.07, 6.45) is 1.48. The summed E-state index contributed by atoms with van der Waals surface area (Å²) in [5.41, 5.74) is 0.563. The third kappa shape index (κ3) is 3.69. The lowest BCUT2D eigenvalue weighted by atomic mass is 10.3. The van der Waals surface area contributed by atoms with Gasteiger partial charge in [0.1, 0.15) is 5.82 Å². The van der Waals surface area contributed by atoms with Crippen LogP contribution in [0.5, 0.6) is 5.75 Å². The second-order valence-corrected chi connectivity index (χ2v) is 5.28. The largest absolute Gasteiger partial charge is 0.490 e. The number of anilines is 1. The fraction of sp³-hybridized carbons (Fsp3) is 0.111. The number of aromatic nitrogens is 2. The minimum Gasteiger partial charge on any atom is -0.490 e. The molecule has 0 aliphatic carbocycles. The molecule has 0 atom stereocenters. The van der Waals surface area contributed by atoms with E-state index >= 15 is 0 Å². The molecule has 0 aliphatic heterocycles. The number of carbonyl (C=O) groups excluding carboxylic acids is 1. The Labute approximate surface area is 147 Å². The topological polar surface area (TPSA) is 56.2 Å². The van der Waals surface area contributed by atoms with Crippen molar-refractivity contribution in [3.63, 3.8) is 0 Å². The van der Waals surface area contributed by atoms with E-state index in [1.165, 1.54) is 41.2 Å². The van der Waals surface area contributed by atoms with Gasteiger partial charge >= 0.3 is 0 Å². The predicted octanol–water partition coefficient (Wildman–Crippen LogP) is 3.94. The number of hydrogen-bond acceptors (Lipinski definition) is 3. The van der Waals surface area contributed by atoms with Crippen LogP contribution in [0.4, 0.5) is 18.9 Å². The van der Waals surface area contributed by atoms with E-state index in [-0.39, 0.29) is 17.1 Å². The zero-order valence-corrected chi connectivity index (χ0v) is 13.7. The Morgan fingerprint density at radius 2 is 1.85 bits per heavy atom. The van der Waals surface area contributed by atoms with E-state index in [0.717, 1.165) is 12.1 Å². The van der Waals surface area contributed by atoms with Crippen molar-refractivity contribution in [2.75, 3.05) is 11.9 Å². The molecule has 1 N–H and O–H groups in total. The molecule has 2 aromatic carbocycles. The number of ether oxygens (including phenoxy) is 1. The molecule has 0 radical (unpaired) electrons. The van der Waals surface area contributed by atoms with Crippen molar-refractivity contribution in [3.8, 4) is 11.4 Å². The van der Waals surface area contributed by atoms with Gasteiger partial charge in [0.25, 0.3) is 5.91 Å². The quantitative estimate of drug-likeness (QED) is 0.749. The van der Waals surface area contributed by atoms with Crippen LogP contribution < -0.4 is 10.1 Å². The molecule has 0 aliphatic rings. The number of hydrogen-bond donors (Lipinski definition) is 1. The van der Waals surface area contributed by atoms with Crippen molar-refractivity contribution >= 4 is 11.6 Å². The van der Waals surface area contributed by atoms with Crippen molar-refractivity contribution in [1.29, 1.82) is 0 Å². The Bertz CT molecular complexity index is 939. The SMILES string of the molecule is CCOc1cn(-c2ccc(F)cc2)nc1C(=O)Nc1ccc(F)c(F)c1. The van der Waals surface area contributed by atoms with Crippen molar-refractivity contribution in [1.82, 2.24) is 9.78 Å². The highest BCUT2D eigenvalue weighted by molar-refractivity contribution is 6.04. The third-order valence-corrected chi connectivity index (χ3v) is 3.46. The highest BCUT2D eigenvalue weighted by Gasteiger charge is 2.19. The van der Waals surface area contributed by atoms with Crippen molar-refractivity contribution in [2.24, 2.45) is 0 Å². The average Bonchev–Trinajstić information content (AvgIpc) is 3.03. The van der Waals surface area contributed by atoms with Crippen LogP contribution in [0.2, 0.25) is 0 Å². The molecule has 26 heavy (non-hydrogen) atoms. The molecule has 0 unspecified atom stereocenters. The third-order valence-electron chi connectivity index (χ3n) is 3.46. The monoisotopic (exact) mass is 361 g/mol. The molecule has 134 valence electrons. The molecule has 3 aromatic rings. The first-order valence-electron chi connectivity index (χ1n) is 7.72. The minimum atomic E-state index is -1.08. The van der Waals surface area contributed by atoms with Gasteiger partial charge in [0.2, 0.25) is 0 Å². The van der Waals surface area contributed by atoms with Gasteiger partial charge in [0.05, 0.1) is 18.5 Å². The molecule has 0 fully saturated rings. The Balaban J connectivity index is 1.90. The van der Waals surface area contributed by atoms with Gasteiger partial charge < -0.3 is 10.1 Å². The van der Waals surface area contributed by atoms with Gasteiger partial charge in [0, 0.05) is 11.8 Å². The average molecular weight is 361 g/mol. The first-order chi connectivity index (χ1) is 12.5. The van der Waals surface area contributed by atoms with Crippen LogP contribution >= 0.6 is 0 Å². The van der Waals surface area contributed by atoms with E-state index in [9.17, 15) is 18.0 Å². The van der Waals surface area contributed by atoms with Crippen molar-refractivity contribution < 1.29 is 22.7 Å². The van der Waals surface area contributed by atoms with Crippen molar-refractivity contribution in [3.05, 3.63) is 71.8 Å².